The Hall–Kier alpha value is -1.30. The zero-order valence-electron chi connectivity index (χ0n) is 14.9. The Labute approximate surface area is 160 Å². The number of rotatable bonds is 6. The molecule has 2 unspecified atom stereocenters. The van der Waals surface area contributed by atoms with E-state index in [1.54, 1.807) is 24.3 Å². The molecule has 0 saturated carbocycles. The van der Waals surface area contributed by atoms with Crippen LogP contribution in [0.1, 0.15) is 30.6 Å². The molecule has 1 saturated heterocycles. The number of carbonyl (C=O) groups excluding carboxylic acids is 2. The number of nitrogens with one attached hydrogen (secondary N) is 2. The highest BCUT2D eigenvalue weighted by Crippen LogP contribution is 2.18. The van der Waals surface area contributed by atoms with Crippen LogP contribution in [0.5, 0.6) is 0 Å². The molecular formula is C18H27Cl2N3O2. The molecule has 0 aromatic heterocycles. The third kappa shape index (κ3) is 5.87. The quantitative estimate of drug-likeness (QED) is 0.788. The van der Waals surface area contributed by atoms with Gasteiger partial charge in [0.15, 0.2) is 0 Å². The maximum absolute atomic E-state index is 12.8. The lowest BCUT2D eigenvalue weighted by molar-refractivity contribution is -0.133. The van der Waals surface area contributed by atoms with Crippen LogP contribution < -0.4 is 10.6 Å². The molecule has 0 aliphatic carbocycles. The van der Waals surface area contributed by atoms with Gasteiger partial charge in [0.2, 0.25) is 5.91 Å². The van der Waals surface area contributed by atoms with E-state index in [4.69, 9.17) is 11.6 Å². The molecular weight excluding hydrogens is 361 g/mol. The van der Waals surface area contributed by atoms with Gasteiger partial charge in [-0.05, 0) is 56.1 Å². The Morgan fingerprint density at radius 2 is 1.92 bits per heavy atom. The maximum atomic E-state index is 12.8. The van der Waals surface area contributed by atoms with E-state index in [2.05, 4.69) is 10.6 Å². The third-order valence-corrected chi connectivity index (χ3v) is 4.67. The number of likely N-dealkylation sites (tertiary alicyclic amines) is 1. The molecule has 1 fully saturated rings. The molecule has 1 aliphatic heterocycles. The molecule has 5 nitrogen and oxygen atoms in total. The summed E-state index contributed by atoms with van der Waals surface area (Å²) in [6, 6.07) is 6.16. The van der Waals surface area contributed by atoms with Crippen LogP contribution in [0.25, 0.3) is 0 Å². The molecule has 7 heteroatoms. The van der Waals surface area contributed by atoms with Crippen LogP contribution in [0, 0.1) is 11.8 Å². The largest absolute Gasteiger partial charge is 0.341 e. The fourth-order valence-electron chi connectivity index (χ4n) is 3.02. The van der Waals surface area contributed by atoms with Gasteiger partial charge in [0.25, 0.3) is 5.91 Å². The summed E-state index contributed by atoms with van der Waals surface area (Å²) < 4.78 is 0. The van der Waals surface area contributed by atoms with Crippen molar-refractivity contribution in [1.82, 2.24) is 15.5 Å². The molecule has 1 aromatic rings. The molecule has 0 spiro atoms. The summed E-state index contributed by atoms with van der Waals surface area (Å²) in [6.07, 6.45) is 1.00. The van der Waals surface area contributed by atoms with Crippen LogP contribution in [0.2, 0.25) is 5.02 Å². The molecule has 140 valence electrons. The summed E-state index contributed by atoms with van der Waals surface area (Å²) in [7, 11) is 1.92. The van der Waals surface area contributed by atoms with Crippen molar-refractivity contribution in [3.8, 4) is 0 Å². The van der Waals surface area contributed by atoms with Crippen LogP contribution >= 0.6 is 24.0 Å². The highest BCUT2D eigenvalue weighted by Gasteiger charge is 2.33. The van der Waals surface area contributed by atoms with Gasteiger partial charge in [-0.25, -0.2) is 0 Å². The summed E-state index contributed by atoms with van der Waals surface area (Å²) in [5.41, 5.74) is 0.507. The molecule has 2 N–H and O–H groups in total. The summed E-state index contributed by atoms with van der Waals surface area (Å²) in [6.45, 7) is 6.32. The lowest BCUT2D eigenvalue weighted by Gasteiger charge is -2.27. The average molecular weight is 388 g/mol. The number of nitrogens with zero attached hydrogens (tertiary/aromatic N) is 1. The van der Waals surface area contributed by atoms with E-state index in [0.29, 0.717) is 16.5 Å². The van der Waals surface area contributed by atoms with Gasteiger partial charge in [0.1, 0.15) is 6.04 Å². The van der Waals surface area contributed by atoms with Gasteiger partial charge >= 0.3 is 0 Å². The van der Waals surface area contributed by atoms with Crippen LogP contribution in [0.3, 0.4) is 0 Å². The van der Waals surface area contributed by atoms with E-state index in [-0.39, 0.29) is 30.1 Å². The molecule has 0 bridgehead atoms. The van der Waals surface area contributed by atoms with Crippen molar-refractivity contribution < 1.29 is 9.59 Å². The Balaban J connectivity index is 0.00000312. The predicted molar refractivity (Wildman–Crippen MR) is 103 cm³/mol. The summed E-state index contributed by atoms with van der Waals surface area (Å²) in [5, 5.41) is 6.63. The maximum Gasteiger partial charge on any atom is 0.251 e. The van der Waals surface area contributed by atoms with Crippen LogP contribution in [-0.4, -0.2) is 49.4 Å². The van der Waals surface area contributed by atoms with E-state index < -0.39 is 6.04 Å². The Bertz CT molecular complexity index is 578. The fourth-order valence-corrected chi connectivity index (χ4v) is 3.15. The van der Waals surface area contributed by atoms with E-state index in [1.807, 2.05) is 25.8 Å². The monoisotopic (exact) mass is 387 g/mol. The number of amides is 2. The van der Waals surface area contributed by atoms with Crippen molar-refractivity contribution in [3.63, 3.8) is 0 Å². The summed E-state index contributed by atoms with van der Waals surface area (Å²) >= 11 is 5.85. The van der Waals surface area contributed by atoms with Gasteiger partial charge in [-0.1, -0.05) is 25.4 Å². The number of halogens is 2. The standard InChI is InChI=1S/C18H26ClN3O2.ClH/c1-12(2)16(18(24)22-9-8-13(11-22)10-20-3)21-17(23)14-4-6-15(19)7-5-14;/h4-7,12-13,16,20H,8-11H2,1-3H3,(H,21,23);1H. The van der Waals surface area contributed by atoms with Crippen molar-refractivity contribution in [2.75, 3.05) is 26.7 Å². The molecule has 2 amide bonds. The van der Waals surface area contributed by atoms with Gasteiger partial charge in [0, 0.05) is 23.7 Å². The Morgan fingerprint density at radius 3 is 2.48 bits per heavy atom. The molecule has 1 aromatic carbocycles. The fraction of sp³-hybridized carbons (Fsp3) is 0.556. The minimum absolute atomic E-state index is 0. The second-order valence-electron chi connectivity index (χ2n) is 6.70. The van der Waals surface area contributed by atoms with Gasteiger partial charge in [0.05, 0.1) is 0 Å². The Morgan fingerprint density at radius 1 is 1.28 bits per heavy atom. The van der Waals surface area contributed by atoms with E-state index in [1.165, 1.54) is 0 Å². The zero-order chi connectivity index (χ0) is 17.7. The minimum atomic E-state index is -0.512. The normalized spacial score (nSPS) is 18.0. The Kier molecular flexibility index (Phi) is 8.69. The molecule has 2 atom stereocenters. The van der Waals surface area contributed by atoms with Crippen molar-refractivity contribution in [2.24, 2.45) is 11.8 Å². The SMILES string of the molecule is CNCC1CCN(C(=O)C(NC(=O)c2ccc(Cl)cc2)C(C)C)C1.Cl. The number of carbonyl (C=O) groups is 2. The van der Waals surface area contributed by atoms with Crippen LogP contribution in [-0.2, 0) is 4.79 Å². The smallest absolute Gasteiger partial charge is 0.251 e. The predicted octanol–water partition coefficient (Wildman–Crippen LogP) is 2.58. The number of hydrogen-bond acceptors (Lipinski definition) is 3. The van der Waals surface area contributed by atoms with E-state index in [9.17, 15) is 9.59 Å². The van der Waals surface area contributed by atoms with Gasteiger partial charge in [-0.15, -0.1) is 12.4 Å². The average Bonchev–Trinajstić information content (AvgIpc) is 3.01. The molecule has 1 aliphatic rings. The zero-order valence-corrected chi connectivity index (χ0v) is 16.5. The molecule has 0 radical (unpaired) electrons. The topological polar surface area (TPSA) is 61.4 Å². The van der Waals surface area contributed by atoms with Crippen LogP contribution in [0.4, 0.5) is 0 Å². The first kappa shape index (κ1) is 21.7. The third-order valence-electron chi connectivity index (χ3n) is 4.42. The molecule has 25 heavy (non-hydrogen) atoms. The van der Waals surface area contributed by atoms with Crippen LogP contribution in [0.15, 0.2) is 24.3 Å². The van der Waals surface area contributed by atoms with Crippen molar-refractivity contribution in [3.05, 3.63) is 34.9 Å². The number of benzene rings is 1. The first-order chi connectivity index (χ1) is 11.4. The lowest BCUT2D eigenvalue weighted by atomic mass is 10.0. The number of hydrogen-bond donors (Lipinski definition) is 2. The second kappa shape index (κ2) is 10.00. The highest BCUT2D eigenvalue weighted by molar-refractivity contribution is 6.30. The minimum Gasteiger partial charge on any atom is -0.341 e. The van der Waals surface area contributed by atoms with Gasteiger partial charge < -0.3 is 15.5 Å². The summed E-state index contributed by atoms with van der Waals surface area (Å²) in [5.74, 6) is 0.270. The second-order valence-corrected chi connectivity index (χ2v) is 7.14. The molecule has 1 heterocycles. The van der Waals surface area contributed by atoms with Gasteiger partial charge in [-0.2, -0.15) is 0 Å². The van der Waals surface area contributed by atoms with E-state index in [0.717, 1.165) is 26.1 Å². The lowest BCUT2D eigenvalue weighted by Crippen LogP contribution is -2.50. The van der Waals surface area contributed by atoms with Crippen molar-refractivity contribution in [2.45, 2.75) is 26.3 Å². The van der Waals surface area contributed by atoms with E-state index >= 15 is 0 Å². The van der Waals surface area contributed by atoms with Crippen molar-refractivity contribution >= 4 is 35.8 Å². The van der Waals surface area contributed by atoms with Crippen molar-refractivity contribution in [1.29, 1.82) is 0 Å². The molecule has 2 rings (SSSR count). The van der Waals surface area contributed by atoms with Gasteiger partial charge in [-0.3, -0.25) is 9.59 Å². The highest BCUT2D eigenvalue weighted by atomic mass is 35.5. The summed E-state index contributed by atoms with van der Waals surface area (Å²) in [4.78, 5) is 27.1. The first-order valence-electron chi connectivity index (χ1n) is 8.42. The first-order valence-corrected chi connectivity index (χ1v) is 8.80.